The molecule has 1 aliphatic rings. The Hall–Kier alpha value is -2.67. The molecule has 1 aliphatic heterocycles. The van der Waals surface area contributed by atoms with Gasteiger partial charge in [-0.3, -0.25) is 4.72 Å². The number of benzene rings is 1. The predicted molar refractivity (Wildman–Crippen MR) is 127 cm³/mol. The Morgan fingerprint density at radius 1 is 1.03 bits per heavy atom. The molecule has 2 aromatic heterocycles. The van der Waals surface area contributed by atoms with Gasteiger partial charge in [0.15, 0.2) is 5.03 Å². The molecule has 1 saturated heterocycles. The Balaban J connectivity index is 0.00000342. The molecule has 0 saturated carbocycles. The Labute approximate surface area is 210 Å². The van der Waals surface area contributed by atoms with Crippen LogP contribution in [0, 0.1) is 5.82 Å². The van der Waals surface area contributed by atoms with Crippen LogP contribution in [0.4, 0.5) is 29.2 Å². The standard InChI is InChI=1S/C21H18ClF4N5O2S.ClH/c22-16-12-13(23)4-5-14(16)20-15(21(24,25)26)6-7-17(28-20)30-34(32,33)19-3-1-2-18(29-19)31-10-8-27-9-11-31;/h1-7,12,27H,8-11H2,(H,28,30);1H. The molecule has 0 spiro atoms. The SMILES string of the molecule is Cl.O=S(=O)(Nc1ccc(C(F)(F)F)c(-c2ccc(F)cc2Cl)n1)c1cccc(N2CCNCC2)n1. The average Bonchev–Trinajstić information content (AvgIpc) is 2.79. The summed E-state index contributed by atoms with van der Waals surface area (Å²) < 4.78 is 82.2. The first-order valence-corrected chi connectivity index (χ1v) is 11.9. The minimum atomic E-state index is -4.81. The van der Waals surface area contributed by atoms with Gasteiger partial charge >= 0.3 is 6.18 Å². The highest BCUT2D eigenvalue weighted by molar-refractivity contribution is 7.92. The summed E-state index contributed by atoms with van der Waals surface area (Å²) in [6.45, 7) is 2.74. The molecule has 188 valence electrons. The second-order valence-corrected chi connectivity index (χ2v) is 9.43. The second kappa shape index (κ2) is 10.5. The van der Waals surface area contributed by atoms with Crippen LogP contribution in [-0.4, -0.2) is 44.6 Å². The molecule has 0 unspecified atom stereocenters. The van der Waals surface area contributed by atoms with E-state index in [2.05, 4.69) is 20.0 Å². The lowest BCUT2D eigenvalue weighted by atomic mass is 10.1. The highest BCUT2D eigenvalue weighted by Gasteiger charge is 2.35. The fourth-order valence-electron chi connectivity index (χ4n) is 3.45. The van der Waals surface area contributed by atoms with Crippen molar-refractivity contribution in [2.75, 3.05) is 35.8 Å². The van der Waals surface area contributed by atoms with Crippen LogP contribution in [0.25, 0.3) is 11.3 Å². The maximum atomic E-state index is 13.6. The van der Waals surface area contributed by atoms with Gasteiger partial charge in [0.25, 0.3) is 10.0 Å². The van der Waals surface area contributed by atoms with Gasteiger partial charge in [-0.1, -0.05) is 17.7 Å². The summed E-state index contributed by atoms with van der Waals surface area (Å²) in [5, 5.41) is 2.57. The largest absolute Gasteiger partial charge is 0.418 e. The Bertz CT molecular complexity index is 1320. The lowest BCUT2D eigenvalue weighted by Crippen LogP contribution is -2.44. The summed E-state index contributed by atoms with van der Waals surface area (Å²) in [6.07, 6.45) is -4.81. The van der Waals surface area contributed by atoms with Gasteiger partial charge in [0.2, 0.25) is 0 Å². The van der Waals surface area contributed by atoms with E-state index in [1.807, 2.05) is 4.90 Å². The molecule has 2 N–H and O–H groups in total. The maximum Gasteiger partial charge on any atom is 0.418 e. The summed E-state index contributed by atoms with van der Waals surface area (Å²) in [5.41, 5.74) is -1.99. The van der Waals surface area contributed by atoms with E-state index in [1.165, 1.54) is 12.1 Å². The minimum absolute atomic E-state index is 0. The average molecular weight is 552 g/mol. The molecule has 1 fully saturated rings. The van der Waals surface area contributed by atoms with Crippen molar-refractivity contribution in [3.63, 3.8) is 0 Å². The Kier molecular flexibility index (Phi) is 8.10. The second-order valence-electron chi connectivity index (χ2n) is 7.39. The highest BCUT2D eigenvalue weighted by Crippen LogP contribution is 2.39. The zero-order valence-electron chi connectivity index (χ0n) is 17.8. The molecule has 14 heteroatoms. The van der Waals surface area contributed by atoms with Crippen LogP contribution < -0.4 is 14.9 Å². The number of sulfonamides is 1. The number of nitrogens with zero attached hydrogens (tertiary/aromatic N) is 3. The lowest BCUT2D eigenvalue weighted by Gasteiger charge is -2.28. The first kappa shape index (κ1) is 26.9. The number of anilines is 2. The molecule has 0 aliphatic carbocycles. The van der Waals surface area contributed by atoms with Gasteiger partial charge in [0.1, 0.15) is 17.5 Å². The summed E-state index contributed by atoms with van der Waals surface area (Å²) in [4.78, 5) is 9.98. The number of piperazine rings is 1. The van der Waals surface area contributed by atoms with Crippen molar-refractivity contribution in [1.82, 2.24) is 15.3 Å². The summed E-state index contributed by atoms with van der Waals surface area (Å²) >= 11 is 5.95. The van der Waals surface area contributed by atoms with E-state index in [0.29, 0.717) is 25.0 Å². The van der Waals surface area contributed by atoms with Crippen LogP contribution in [0.15, 0.2) is 53.6 Å². The third kappa shape index (κ3) is 6.13. The van der Waals surface area contributed by atoms with Gasteiger partial charge in [-0.25, -0.2) is 14.4 Å². The number of rotatable bonds is 5. The van der Waals surface area contributed by atoms with E-state index in [1.54, 1.807) is 6.07 Å². The molecule has 0 atom stereocenters. The van der Waals surface area contributed by atoms with Gasteiger partial charge in [0.05, 0.1) is 16.3 Å². The van der Waals surface area contributed by atoms with Gasteiger partial charge in [0, 0.05) is 31.7 Å². The van der Waals surface area contributed by atoms with Crippen LogP contribution in [0.1, 0.15) is 5.56 Å². The van der Waals surface area contributed by atoms with Crippen molar-refractivity contribution >= 4 is 45.7 Å². The highest BCUT2D eigenvalue weighted by atomic mass is 35.5. The van der Waals surface area contributed by atoms with Crippen LogP contribution in [0.3, 0.4) is 0 Å². The van der Waals surface area contributed by atoms with Crippen molar-refractivity contribution < 1.29 is 26.0 Å². The molecule has 0 amide bonds. The van der Waals surface area contributed by atoms with Crippen molar-refractivity contribution in [2.45, 2.75) is 11.2 Å². The number of aromatic nitrogens is 2. The fourth-order valence-corrected chi connectivity index (χ4v) is 4.67. The third-order valence-corrected chi connectivity index (χ3v) is 6.62. The molecule has 0 radical (unpaired) electrons. The van der Waals surface area contributed by atoms with Gasteiger partial charge in [-0.15, -0.1) is 12.4 Å². The zero-order chi connectivity index (χ0) is 24.5. The molecule has 35 heavy (non-hydrogen) atoms. The molecular weight excluding hydrogens is 533 g/mol. The molecule has 4 rings (SSSR count). The summed E-state index contributed by atoms with van der Waals surface area (Å²) in [6, 6.07) is 8.89. The van der Waals surface area contributed by atoms with Gasteiger partial charge in [-0.05, 0) is 42.5 Å². The van der Waals surface area contributed by atoms with E-state index < -0.39 is 33.3 Å². The zero-order valence-corrected chi connectivity index (χ0v) is 20.2. The van der Waals surface area contributed by atoms with Crippen LogP contribution in [0.2, 0.25) is 5.02 Å². The normalized spacial score (nSPS) is 14.4. The van der Waals surface area contributed by atoms with Crippen LogP contribution in [0.5, 0.6) is 0 Å². The molecule has 0 bridgehead atoms. The van der Waals surface area contributed by atoms with E-state index in [4.69, 9.17) is 11.6 Å². The molecule has 3 aromatic rings. The number of hydrogen-bond acceptors (Lipinski definition) is 6. The number of hydrogen-bond donors (Lipinski definition) is 2. The smallest absolute Gasteiger partial charge is 0.354 e. The van der Waals surface area contributed by atoms with Crippen LogP contribution >= 0.6 is 24.0 Å². The quantitative estimate of drug-likeness (QED) is 0.451. The van der Waals surface area contributed by atoms with Gasteiger partial charge in [-0.2, -0.15) is 21.6 Å². The van der Waals surface area contributed by atoms with Crippen molar-refractivity contribution in [2.24, 2.45) is 0 Å². The number of alkyl halides is 3. The summed E-state index contributed by atoms with van der Waals surface area (Å²) in [7, 11) is -4.28. The van der Waals surface area contributed by atoms with Crippen molar-refractivity contribution in [3.8, 4) is 11.3 Å². The van der Waals surface area contributed by atoms with Gasteiger partial charge < -0.3 is 10.2 Å². The number of pyridine rings is 2. The number of nitrogens with one attached hydrogen (secondary N) is 2. The first-order chi connectivity index (χ1) is 16.0. The van der Waals surface area contributed by atoms with E-state index in [9.17, 15) is 26.0 Å². The predicted octanol–water partition coefficient (Wildman–Crippen LogP) is 4.59. The first-order valence-electron chi connectivity index (χ1n) is 10.0. The number of halogens is 6. The molecule has 1 aromatic carbocycles. The molecular formula is C21H19Cl2F4N5O2S. The van der Waals surface area contributed by atoms with E-state index in [-0.39, 0.29) is 33.8 Å². The maximum absolute atomic E-state index is 13.6. The third-order valence-electron chi connectivity index (χ3n) is 5.05. The van der Waals surface area contributed by atoms with Crippen molar-refractivity contribution in [3.05, 3.63) is 64.9 Å². The fraction of sp³-hybridized carbons (Fsp3) is 0.238. The molecule has 7 nitrogen and oxygen atoms in total. The topological polar surface area (TPSA) is 87.2 Å². The Morgan fingerprint density at radius 2 is 1.74 bits per heavy atom. The van der Waals surface area contributed by atoms with E-state index >= 15 is 0 Å². The van der Waals surface area contributed by atoms with Crippen LogP contribution in [-0.2, 0) is 16.2 Å². The Morgan fingerprint density at radius 3 is 2.40 bits per heavy atom. The molecule has 3 heterocycles. The minimum Gasteiger partial charge on any atom is -0.354 e. The monoisotopic (exact) mass is 551 g/mol. The lowest BCUT2D eigenvalue weighted by molar-refractivity contribution is -0.137. The van der Waals surface area contributed by atoms with E-state index in [0.717, 1.165) is 37.4 Å². The van der Waals surface area contributed by atoms with Crippen molar-refractivity contribution in [1.29, 1.82) is 0 Å². The summed E-state index contributed by atoms with van der Waals surface area (Å²) in [5.74, 6) is -0.657.